The SMILES string of the molecule is NNc1cc(OC2CCOC2)nc(C(F)(F)F)n1. The van der Waals surface area contributed by atoms with E-state index in [9.17, 15) is 13.2 Å². The molecule has 1 aliphatic heterocycles. The van der Waals surface area contributed by atoms with Crippen LogP contribution in [0.4, 0.5) is 19.0 Å². The molecule has 2 heterocycles. The van der Waals surface area contributed by atoms with Gasteiger partial charge in [-0.1, -0.05) is 0 Å². The highest BCUT2D eigenvalue weighted by Crippen LogP contribution is 2.29. The lowest BCUT2D eigenvalue weighted by Gasteiger charge is -2.13. The van der Waals surface area contributed by atoms with Gasteiger partial charge in [0.25, 0.3) is 0 Å². The van der Waals surface area contributed by atoms with Crippen molar-refractivity contribution in [2.45, 2.75) is 18.7 Å². The van der Waals surface area contributed by atoms with E-state index in [4.69, 9.17) is 15.3 Å². The van der Waals surface area contributed by atoms with Crippen molar-refractivity contribution >= 4 is 5.82 Å². The van der Waals surface area contributed by atoms with Gasteiger partial charge in [-0.05, 0) is 0 Å². The number of hydrogen-bond donors (Lipinski definition) is 2. The summed E-state index contributed by atoms with van der Waals surface area (Å²) in [5.41, 5.74) is 2.04. The van der Waals surface area contributed by atoms with E-state index in [1.54, 1.807) is 0 Å². The number of aromatic nitrogens is 2. The first-order chi connectivity index (χ1) is 8.49. The van der Waals surface area contributed by atoms with Crippen LogP contribution in [0.3, 0.4) is 0 Å². The first kappa shape index (κ1) is 12.8. The number of rotatable bonds is 3. The van der Waals surface area contributed by atoms with Crippen LogP contribution in [-0.4, -0.2) is 29.3 Å². The molecule has 1 aromatic heterocycles. The van der Waals surface area contributed by atoms with Crippen molar-refractivity contribution in [3.63, 3.8) is 0 Å². The van der Waals surface area contributed by atoms with Crippen LogP contribution in [-0.2, 0) is 10.9 Å². The van der Waals surface area contributed by atoms with Gasteiger partial charge in [0.1, 0.15) is 11.9 Å². The van der Waals surface area contributed by atoms with Crippen LogP contribution in [0.25, 0.3) is 0 Å². The largest absolute Gasteiger partial charge is 0.472 e. The van der Waals surface area contributed by atoms with Gasteiger partial charge < -0.3 is 14.9 Å². The Morgan fingerprint density at radius 2 is 2.22 bits per heavy atom. The summed E-state index contributed by atoms with van der Waals surface area (Å²) in [4.78, 5) is 6.52. The van der Waals surface area contributed by atoms with Crippen molar-refractivity contribution < 1.29 is 22.6 Å². The quantitative estimate of drug-likeness (QED) is 0.624. The fourth-order valence-corrected chi connectivity index (χ4v) is 1.46. The average molecular weight is 264 g/mol. The molecule has 1 fully saturated rings. The predicted octanol–water partition coefficient (Wildman–Crippen LogP) is 0.949. The van der Waals surface area contributed by atoms with Crippen LogP contribution in [0.15, 0.2) is 6.07 Å². The maximum Gasteiger partial charge on any atom is 0.451 e. The number of nitrogens with two attached hydrogens (primary N) is 1. The summed E-state index contributed by atoms with van der Waals surface area (Å²) in [7, 11) is 0. The summed E-state index contributed by atoms with van der Waals surface area (Å²) >= 11 is 0. The summed E-state index contributed by atoms with van der Waals surface area (Å²) in [6.07, 6.45) is -4.35. The fraction of sp³-hybridized carbons (Fsp3) is 0.556. The molecule has 1 saturated heterocycles. The van der Waals surface area contributed by atoms with Crippen LogP contribution in [0.5, 0.6) is 5.88 Å². The highest BCUT2D eigenvalue weighted by atomic mass is 19.4. The Labute approximate surface area is 100 Å². The van der Waals surface area contributed by atoms with Gasteiger partial charge in [-0.3, -0.25) is 0 Å². The van der Waals surface area contributed by atoms with Crippen LogP contribution < -0.4 is 16.0 Å². The van der Waals surface area contributed by atoms with Gasteiger partial charge in [0.05, 0.1) is 13.2 Å². The lowest BCUT2D eigenvalue weighted by molar-refractivity contribution is -0.145. The van der Waals surface area contributed by atoms with Crippen LogP contribution in [0.2, 0.25) is 0 Å². The molecule has 100 valence electrons. The molecule has 0 spiro atoms. The van der Waals surface area contributed by atoms with E-state index in [-0.39, 0.29) is 17.8 Å². The Morgan fingerprint density at radius 1 is 1.44 bits per heavy atom. The van der Waals surface area contributed by atoms with E-state index < -0.39 is 12.0 Å². The molecule has 1 atom stereocenters. The molecular formula is C9H11F3N4O2. The molecule has 1 aliphatic rings. The maximum absolute atomic E-state index is 12.5. The van der Waals surface area contributed by atoms with Gasteiger partial charge in [-0.2, -0.15) is 18.2 Å². The molecule has 0 amide bonds. The third-order valence-corrected chi connectivity index (χ3v) is 2.28. The first-order valence-corrected chi connectivity index (χ1v) is 5.16. The molecule has 0 aliphatic carbocycles. The Bertz CT molecular complexity index is 421. The second kappa shape index (κ2) is 4.94. The van der Waals surface area contributed by atoms with Crippen molar-refractivity contribution in [1.82, 2.24) is 9.97 Å². The molecule has 0 saturated carbocycles. The third-order valence-electron chi connectivity index (χ3n) is 2.28. The molecule has 0 bridgehead atoms. The number of anilines is 1. The normalized spacial score (nSPS) is 19.9. The monoisotopic (exact) mass is 264 g/mol. The number of nitrogen functional groups attached to an aromatic ring is 1. The van der Waals surface area contributed by atoms with Gasteiger partial charge >= 0.3 is 6.18 Å². The molecule has 0 aromatic carbocycles. The average Bonchev–Trinajstić information content (AvgIpc) is 2.80. The standard InChI is InChI=1S/C9H11F3N4O2/c10-9(11,12)8-14-6(16-13)3-7(15-8)18-5-1-2-17-4-5/h3,5H,1-2,4,13H2,(H,14,15,16). The smallest absolute Gasteiger partial charge is 0.451 e. The van der Waals surface area contributed by atoms with Crippen LogP contribution in [0.1, 0.15) is 12.2 Å². The van der Waals surface area contributed by atoms with E-state index in [0.717, 1.165) is 0 Å². The molecule has 2 rings (SSSR count). The molecule has 0 radical (unpaired) electrons. The fourth-order valence-electron chi connectivity index (χ4n) is 1.46. The number of hydrazine groups is 1. The Hall–Kier alpha value is -1.61. The number of nitrogens with zero attached hydrogens (tertiary/aromatic N) is 2. The number of alkyl halides is 3. The zero-order chi connectivity index (χ0) is 13.2. The Balaban J connectivity index is 2.23. The van der Waals surface area contributed by atoms with E-state index in [1.165, 1.54) is 6.07 Å². The maximum atomic E-state index is 12.5. The van der Waals surface area contributed by atoms with Crippen molar-refractivity contribution in [3.8, 4) is 5.88 Å². The second-order valence-electron chi connectivity index (χ2n) is 3.66. The minimum atomic E-state index is -4.66. The minimum absolute atomic E-state index is 0.161. The number of hydrogen-bond acceptors (Lipinski definition) is 6. The lowest BCUT2D eigenvalue weighted by atomic mass is 10.3. The molecule has 1 unspecified atom stereocenters. The summed E-state index contributed by atoms with van der Waals surface area (Å²) in [6, 6.07) is 1.20. The van der Waals surface area contributed by atoms with E-state index >= 15 is 0 Å². The predicted molar refractivity (Wildman–Crippen MR) is 54.7 cm³/mol. The van der Waals surface area contributed by atoms with Gasteiger partial charge in [0.2, 0.25) is 11.7 Å². The van der Waals surface area contributed by atoms with Gasteiger partial charge in [-0.25, -0.2) is 10.8 Å². The van der Waals surface area contributed by atoms with Gasteiger partial charge in [-0.15, -0.1) is 0 Å². The topological polar surface area (TPSA) is 82.3 Å². The van der Waals surface area contributed by atoms with Crippen LogP contribution >= 0.6 is 0 Å². The van der Waals surface area contributed by atoms with Gasteiger partial charge in [0.15, 0.2) is 0 Å². The second-order valence-corrected chi connectivity index (χ2v) is 3.66. The van der Waals surface area contributed by atoms with Crippen molar-refractivity contribution in [2.24, 2.45) is 5.84 Å². The van der Waals surface area contributed by atoms with Crippen molar-refractivity contribution in [1.29, 1.82) is 0 Å². The lowest BCUT2D eigenvalue weighted by Crippen LogP contribution is -2.20. The van der Waals surface area contributed by atoms with Crippen LogP contribution in [0, 0.1) is 0 Å². The molecule has 6 nitrogen and oxygen atoms in total. The number of ether oxygens (including phenoxy) is 2. The summed E-state index contributed by atoms with van der Waals surface area (Å²) in [6.45, 7) is 0.848. The van der Waals surface area contributed by atoms with Crippen molar-refractivity contribution in [2.75, 3.05) is 18.6 Å². The van der Waals surface area contributed by atoms with E-state index in [1.807, 2.05) is 5.43 Å². The van der Waals surface area contributed by atoms with Crippen molar-refractivity contribution in [3.05, 3.63) is 11.9 Å². The molecular weight excluding hydrogens is 253 g/mol. The van der Waals surface area contributed by atoms with E-state index in [0.29, 0.717) is 19.6 Å². The minimum Gasteiger partial charge on any atom is -0.472 e. The third kappa shape index (κ3) is 2.99. The number of halogens is 3. The molecule has 18 heavy (non-hydrogen) atoms. The highest BCUT2D eigenvalue weighted by Gasteiger charge is 2.36. The zero-order valence-electron chi connectivity index (χ0n) is 9.20. The summed E-state index contributed by atoms with van der Waals surface area (Å²) < 4.78 is 47.9. The first-order valence-electron chi connectivity index (χ1n) is 5.16. The van der Waals surface area contributed by atoms with E-state index in [2.05, 4.69) is 9.97 Å². The Morgan fingerprint density at radius 3 is 2.78 bits per heavy atom. The zero-order valence-corrected chi connectivity index (χ0v) is 9.20. The number of nitrogens with one attached hydrogen (secondary N) is 1. The Kier molecular flexibility index (Phi) is 3.53. The molecule has 1 aromatic rings. The highest BCUT2D eigenvalue weighted by molar-refractivity contribution is 5.37. The molecule has 3 N–H and O–H groups in total. The molecule has 9 heteroatoms. The van der Waals surface area contributed by atoms with Gasteiger partial charge in [0, 0.05) is 12.5 Å². The summed E-state index contributed by atoms with van der Waals surface area (Å²) in [5, 5.41) is 0. The summed E-state index contributed by atoms with van der Waals surface area (Å²) in [5.74, 6) is 3.41.